The summed E-state index contributed by atoms with van der Waals surface area (Å²) in [4.78, 5) is 42.8. The number of carbonyl (C=O) groups excluding carboxylic acids is 3. The van der Waals surface area contributed by atoms with Gasteiger partial charge in [0, 0.05) is 18.3 Å². The van der Waals surface area contributed by atoms with Crippen LogP contribution in [0.25, 0.3) is 0 Å². The van der Waals surface area contributed by atoms with Crippen LogP contribution in [0.4, 0.5) is 0 Å². The van der Waals surface area contributed by atoms with Crippen LogP contribution < -0.4 is 4.74 Å². The second-order valence-electron chi connectivity index (χ2n) is 7.69. The lowest BCUT2D eigenvalue weighted by Gasteiger charge is -2.18. The Morgan fingerprint density at radius 1 is 1.03 bits per heavy atom. The standard InChI is InChI=1S/C24H22N2O5/c1-14-4-3-5-16(10-14)13-31-18-6-7-19-20(11-18)24(30)26(23(19)29)9-8-17-12-25-15(2)21(27)22(17)28/h3-7,10-12,21,27H,8-9,13H2,1-2H3. The molecule has 2 amide bonds. The maximum atomic E-state index is 12.8. The van der Waals surface area contributed by atoms with Crippen LogP contribution in [0.1, 0.15) is 45.2 Å². The van der Waals surface area contributed by atoms with Crippen molar-refractivity contribution < 1.29 is 24.2 Å². The van der Waals surface area contributed by atoms with Gasteiger partial charge in [0.25, 0.3) is 11.8 Å². The molecule has 7 heteroatoms. The molecule has 1 unspecified atom stereocenters. The van der Waals surface area contributed by atoms with Crippen LogP contribution in [0.3, 0.4) is 0 Å². The topological polar surface area (TPSA) is 96.3 Å². The number of carbonyl (C=O) groups is 3. The average molecular weight is 418 g/mol. The number of imide groups is 1. The summed E-state index contributed by atoms with van der Waals surface area (Å²) in [6.45, 7) is 3.96. The minimum absolute atomic E-state index is 0.0324. The molecule has 0 spiro atoms. The van der Waals surface area contributed by atoms with Crippen molar-refractivity contribution in [1.29, 1.82) is 0 Å². The average Bonchev–Trinajstić information content (AvgIpc) is 3.00. The largest absolute Gasteiger partial charge is 0.489 e. The highest BCUT2D eigenvalue weighted by molar-refractivity contribution is 6.21. The predicted molar refractivity (Wildman–Crippen MR) is 114 cm³/mol. The normalized spacial score (nSPS) is 18.1. The molecule has 1 N–H and O–H groups in total. The van der Waals surface area contributed by atoms with E-state index >= 15 is 0 Å². The van der Waals surface area contributed by atoms with Crippen molar-refractivity contribution in [2.75, 3.05) is 6.54 Å². The lowest BCUT2D eigenvalue weighted by Crippen LogP contribution is -2.35. The van der Waals surface area contributed by atoms with Crippen LogP contribution in [-0.2, 0) is 11.4 Å². The molecular weight excluding hydrogens is 396 g/mol. The van der Waals surface area contributed by atoms with Crippen LogP contribution in [0.2, 0.25) is 0 Å². The zero-order valence-corrected chi connectivity index (χ0v) is 17.3. The Labute approximate surface area is 179 Å². The van der Waals surface area contributed by atoms with Gasteiger partial charge in [0.05, 0.1) is 16.8 Å². The van der Waals surface area contributed by atoms with Gasteiger partial charge in [-0.2, -0.15) is 0 Å². The molecule has 0 saturated carbocycles. The van der Waals surface area contributed by atoms with E-state index in [0.717, 1.165) is 16.0 Å². The maximum absolute atomic E-state index is 12.8. The number of aliphatic hydroxyl groups is 1. The Hall–Kier alpha value is -3.58. The van der Waals surface area contributed by atoms with Gasteiger partial charge < -0.3 is 9.84 Å². The molecule has 2 aliphatic heterocycles. The van der Waals surface area contributed by atoms with Gasteiger partial charge in [-0.15, -0.1) is 0 Å². The number of rotatable bonds is 6. The molecule has 0 bridgehead atoms. The van der Waals surface area contributed by atoms with Gasteiger partial charge in [0.1, 0.15) is 12.4 Å². The monoisotopic (exact) mass is 418 g/mol. The Balaban J connectivity index is 1.45. The van der Waals surface area contributed by atoms with Crippen LogP contribution in [0.15, 0.2) is 59.2 Å². The van der Waals surface area contributed by atoms with Gasteiger partial charge in [0.2, 0.25) is 0 Å². The van der Waals surface area contributed by atoms with Gasteiger partial charge in [-0.25, -0.2) is 0 Å². The summed E-state index contributed by atoms with van der Waals surface area (Å²) < 4.78 is 5.80. The summed E-state index contributed by atoms with van der Waals surface area (Å²) in [7, 11) is 0. The van der Waals surface area contributed by atoms with Crippen LogP contribution in [0.5, 0.6) is 5.75 Å². The number of ether oxygens (including phenoxy) is 1. The summed E-state index contributed by atoms with van der Waals surface area (Å²) >= 11 is 0. The molecule has 0 aliphatic carbocycles. The molecule has 31 heavy (non-hydrogen) atoms. The van der Waals surface area contributed by atoms with Crippen molar-refractivity contribution in [2.24, 2.45) is 4.99 Å². The zero-order chi connectivity index (χ0) is 22.1. The van der Waals surface area contributed by atoms with Crippen LogP contribution in [-0.4, -0.2) is 46.0 Å². The predicted octanol–water partition coefficient (Wildman–Crippen LogP) is 2.85. The minimum Gasteiger partial charge on any atom is -0.489 e. The molecule has 158 valence electrons. The van der Waals surface area contributed by atoms with Crippen molar-refractivity contribution in [3.05, 3.63) is 76.5 Å². The molecule has 2 heterocycles. The summed E-state index contributed by atoms with van der Waals surface area (Å²) in [6.07, 6.45) is 0.254. The number of fused-ring (bicyclic) bond motifs is 1. The van der Waals surface area contributed by atoms with Gasteiger partial charge in [0.15, 0.2) is 11.9 Å². The highest BCUT2D eigenvalue weighted by atomic mass is 16.5. The van der Waals surface area contributed by atoms with Gasteiger partial charge in [-0.3, -0.25) is 24.3 Å². The molecule has 2 aromatic rings. The molecule has 0 radical (unpaired) electrons. The fourth-order valence-corrected chi connectivity index (χ4v) is 3.63. The first-order valence-corrected chi connectivity index (χ1v) is 9.99. The van der Waals surface area contributed by atoms with Crippen molar-refractivity contribution in [1.82, 2.24) is 4.90 Å². The first-order chi connectivity index (χ1) is 14.8. The number of nitrogens with zero attached hydrogens (tertiary/aromatic N) is 2. The number of aliphatic imine (C=N–C) groups is 1. The number of hydrogen-bond acceptors (Lipinski definition) is 6. The van der Waals surface area contributed by atoms with E-state index in [9.17, 15) is 19.5 Å². The minimum atomic E-state index is -1.27. The molecule has 0 aromatic heterocycles. The van der Waals surface area contributed by atoms with Gasteiger partial charge in [-0.1, -0.05) is 29.8 Å². The summed E-state index contributed by atoms with van der Waals surface area (Å²) in [5, 5.41) is 9.85. The van der Waals surface area contributed by atoms with E-state index in [1.165, 1.54) is 6.20 Å². The molecule has 2 aliphatic rings. The van der Waals surface area contributed by atoms with Gasteiger partial charge in [-0.05, 0) is 44.0 Å². The number of aryl methyl sites for hydroxylation is 1. The van der Waals surface area contributed by atoms with E-state index in [4.69, 9.17) is 4.74 Å². The third kappa shape index (κ3) is 4.04. The molecule has 2 aromatic carbocycles. The molecule has 7 nitrogen and oxygen atoms in total. The Morgan fingerprint density at radius 2 is 1.81 bits per heavy atom. The summed E-state index contributed by atoms with van der Waals surface area (Å²) in [5.74, 6) is -0.781. The van der Waals surface area contributed by atoms with Crippen molar-refractivity contribution >= 4 is 23.3 Å². The Morgan fingerprint density at radius 3 is 2.58 bits per heavy atom. The van der Waals surface area contributed by atoms with E-state index in [1.807, 2.05) is 31.2 Å². The molecule has 4 rings (SSSR count). The number of amides is 2. The number of Topliss-reactive ketones (excluding diaryl/α,β-unsaturated/α-hetero) is 1. The third-order valence-electron chi connectivity index (χ3n) is 5.42. The lowest BCUT2D eigenvalue weighted by molar-refractivity contribution is -0.120. The van der Waals surface area contributed by atoms with E-state index < -0.39 is 23.7 Å². The smallest absolute Gasteiger partial charge is 0.261 e. The van der Waals surface area contributed by atoms with Crippen LogP contribution in [0, 0.1) is 6.92 Å². The van der Waals surface area contributed by atoms with Gasteiger partial charge >= 0.3 is 0 Å². The summed E-state index contributed by atoms with van der Waals surface area (Å²) in [6, 6.07) is 12.8. The maximum Gasteiger partial charge on any atom is 0.261 e. The first kappa shape index (κ1) is 20.7. The number of benzene rings is 2. The number of hydrogen-bond donors (Lipinski definition) is 1. The molecule has 1 atom stereocenters. The number of aliphatic hydroxyl groups excluding tert-OH is 1. The summed E-state index contributed by atoms with van der Waals surface area (Å²) in [5.41, 5.74) is 3.35. The quantitative estimate of drug-likeness (QED) is 0.728. The van der Waals surface area contributed by atoms with E-state index in [1.54, 1.807) is 25.1 Å². The van der Waals surface area contributed by atoms with E-state index in [0.29, 0.717) is 23.6 Å². The second-order valence-corrected chi connectivity index (χ2v) is 7.69. The zero-order valence-electron chi connectivity index (χ0n) is 17.3. The highest BCUT2D eigenvalue weighted by Gasteiger charge is 2.36. The SMILES string of the molecule is CC1=NC=C(CCN2C(=O)c3ccc(OCc4cccc(C)c4)cc3C2=O)C(=O)C1O. The van der Waals surface area contributed by atoms with Crippen molar-refractivity contribution in [3.8, 4) is 5.75 Å². The molecular formula is C24H22N2O5. The Kier molecular flexibility index (Phi) is 5.52. The van der Waals surface area contributed by atoms with E-state index in [2.05, 4.69) is 4.99 Å². The molecule has 0 saturated heterocycles. The number of ketones is 1. The fourth-order valence-electron chi connectivity index (χ4n) is 3.63. The van der Waals surface area contributed by atoms with Crippen molar-refractivity contribution in [2.45, 2.75) is 33.0 Å². The van der Waals surface area contributed by atoms with E-state index in [-0.39, 0.29) is 24.1 Å². The third-order valence-corrected chi connectivity index (χ3v) is 5.42. The fraction of sp³-hybridized carbons (Fsp3) is 0.250. The lowest BCUT2D eigenvalue weighted by atomic mass is 9.99. The molecule has 0 fully saturated rings. The first-order valence-electron chi connectivity index (χ1n) is 9.99. The second kappa shape index (κ2) is 8.28. The van der Waals surface area contributed by atoms with Crippen molar-refractivity contribution in [3.63, 3.8) is 0 Å². The Bertz CT molecular complexity index is 1150. The highest BCUT2D eigenvalue weighted by Crippen LogP contribution is 2.28. The van der Waals surface area contributed by atoms with Crippen LogP contribution >= 0.6 is 0 Å².